The molecule has 0 unspecified atom stereocenters. The first-order chi connectivity index (χ1) is 5.90. The van der Waals surface area contributed by atoms with E-state index in [1.807, 2.05) is 0 Å². The van der Waals surface area contributed by atoms with Crippen LogP contribution in [0.15, 0.2) is 6.07 Å². The minimum Gasteiger partial charge on any atom is -0.326 e. The number of nitrogens with zero attached hydrogens (tertiary/aromatic N) is 1. The Labute approximate surface area is 77.0 Å². The van der Waals surface area contributed by atoms with Crippen LogP contribution in [0.4, 0.5) is 0 Å². The summed E-state index contributed by atoms with van der Waals surface area (Å²) in [5, 5.41) is 0. The van der Waals surface area contributed by atoms with Crippen LogP contribution in [0.2, 0.25) is 0 Å². The molecule has 2 nitrogen and oxygen atoms in total. The average Bonchev–Trinajstić information content (AvgIpc) is 2.75. The minimum absolute atomic E-state index is 0.643. The molecule has 1 aromatic rings. The van der Waals surface area contributed by atoms with Crippen LogP contribution in [0.25, 0.3) is 0 Å². The van der Waals surface area contributed by atoms with Crippen molar-refractivity contribution >= 4 is 11.5 Å². The fourth-order valence-corrected chi connectivity index (χ4v) is 2.51. The minimum atomic E-state index is 0.643. The van der Waals surface area contributed by atoms with Gasteiger partial charge in [-0.1, -0.05) is 12.8 Å². The van der Waals surface area contributed by atoms with E-state index in [-0.39, 0.29) is 0 Å². The fourth-order valence-electron chi connectivity index (χ4n) is 1.84. The summed E-state index contributed by atoms with van der Waals surface area (Å²) >= 11 is 1.56. The van der Waals surface area contributed by atoms with Gasteiger partial charge in [-0.2, -0.15) is 4.37 Å². The van der Waals surface area contributed by atoms with Gasteiger partial charge in [0.05, 0.1) is 5.69 Å². The van der Waals surface area contributed by atoms with Gasteiger partial charge in [0, 0.05) is 17.3 Å². The molecule has 66 valence electrons. The highest BCUT2D eigenvalue weighted by Crippen LogP contribution is 2.34. The Morgan fingerprint density at radius 3 is 2.83 bits per heavy atom. The van der Waals surface area contributed by atoms with Gasteiger partial charge in [-0.15, -0.1) is 0 Å². The van der Waals surface area contributed by atoms with Gasteiger partial charge < -0.3 is 5.73 Å². The summed E-state index contributed by atoms with van der Waals surface area (Å²) in [6, 6.07) is 2.18. The molecule has 0 aliphatic heterocycles. The molecular weight excluding hydrogens is 168 g/mol. The van der Waals surface area contributed by atoms with Crippen LogP contribution in [-0.4, -0.2) is 4.37 Å². The second-order valence-corrected chi connectivity index (χ2v) is 4.29. The summed E-state index contributed by atoms with van der Waals surface area (Å²) in [6.07, 6.45) is 5.40. The maximum absolute atomic E-state index is 5.53. The molecule has 0 amide bonds. The lowest BCUT2D eigenvalue weighted by Crippen LogP contribution is -1.93. The summed E-state index contributed by atoms with van der Waals surface area (Å²) in [5.41, 5.74) is 6.82. The van der Waals surface area contributed by atoms with Crippen molar-refractivity contribution < 1.29 is 0 Å². The SMILES string of the molecule is NCc1cc(C2CCCC2)ns1. The molecule has 0 aromatic carbocycles. The van der Waals surface area contributed by atoms with E-state index >= 15 is 0 Å². The second kappa shape index (κ2) is 3.54. The standard InChI is InChI=1S/C9H14N2S/c10-6-8-5-9(11-12-8)7-3-1-2-4-7/h5,7H,1-4,6,10H2. The maximum Gasteiger partial charge on any atom is 0.0576 e. The molecule has 1 fully saturated rings. The number of aromatic nitrogens is 1. The number of hydrogen-bond donors (Lipinski definition) is 1. The molecule has 12 heavy (non-hydrogen) atoms. The Kier molecular flexibility index (Phi) is 2.42. The zero-order valence-electron chi connectivity index (χ0n) is 7.12. The topological polar surface area (TPSA) is 38.9 Å². The fraction of sp³-hybridized carbons (Fsp3) is 0.667. The second-order valence-electron chi connectivity index (χ2n) is 3.40. The van der Waals surface area contributed by atoms with Crippen molar-refractivity contribution in [3.8, 4) is 0 Å². The molecule has 2 rings (SSSR count). The molecule has 3 heteroatoms. The molecule has 0 saturated heterocycles. The Morgan fingerprint density at radius 2 is 2.25 bits per heavy atom. The third-order valence-electron chi connectivity index (χ3n) is 2.55. The van der Waals surface area contributed by atoms with Crippen molar-refractivity contribution in [1.82, 2.24) is 4.37 Å². The van der Waals surface area contributed by atoms with E-state index in [0.717, 1.165) is 5.92 Å². The molecule has 1 aromatic heterocycles. The molecule has 0 atom stereocenters. The van der Waals surface area contributed by atoms with E-state index in [0.29, 0.717) is 6.54 Å². The summed E-state index contributed by atoms with van der Waals surface area (Å²) in [6.45, 7) is 0.643. The third-order valence-corrected chi connectivity index (χ3v) is 3.37. The molecule has 1 heterocycles. The van der Waals surface area contributed by atoms with Crippen molar-refractivity contribution in [3.63, 3.8) is 0 Å². The quantitative estimate of drug-likeness (QED) is 0.762. The van der Waals surface area contributed by atoms with Gasteiger partial charge in [0.2, 0.25) is 0 Å². The lowest BCUT2D eigenvalue weighted by atomic mass is 10.0. The molecule has 1 aliphatic carbocycles. The van der Waals surface area contributed by atoms with E-state index < -0.39 is 0 Å². The summed E-state index contributed by atoms with van der Waals surface area (Å²) in [4.78, 5) is 1.22. The zero-order chi connectivity index (χ0) is 8.39. The molecule has 2 N–H and O–H groups in total. The van der Waals surface area contributed by atoms with Crippen LogP contribution in [0.5, 0.6) is 0 Å². The molecule has 1 saturated carbocycles. The summed E-state index contributed by atoms with van der Waals surface area (Å²) < 4.78 is 4.43. The van der Waals surface area contributed by atoms with Gasteiger partial charge in [0.25, 0.3) is 0 Å². The lowest BCUT2D eigenvalue weighted by Gasteiger charge is -2.02. The molecule has 1 aliphatic rings. The van der Waals surface area contributed by atoms with E-state index in [2.05, 4.69) is 10.4 Å². The summed E-state index contributed by atoms with van der Waals surface area (Å²) in [5.74, 6) is 0.738. The Morgan fingerprint density at radius 1 is 1.50 bits per heavy atom. The van der Waals surface area contributed by atoms with Crippen LogP contribution in [0.3, 0.4) is 0 Å². The van der Waals surface area contributed by atoms with Crippen molar-refractivity contribution in [2.75, 3.05) is 0 Å². The first kappa shape index (κ1) is 8.20. The Bertz CT molecular complexity index is 251. The van der Waals surface area contributed by atoms with Crippen molar-refractivity contribution in [2.45, 2.75) is 38.1 Å². The van der Waals surface area contributed by atoms with Gasteiger partial charge in [0.1, 0.15) is 0 Å². The molecular formula is C9H14N2S. The predicted molar refractivity (Wildman–Crippen MR) is 51.2 cm³/mol. The average molecular weight is 182 g/mol. The van der Waals surface area contributed by atoms with Gasteiger partial charge >= 0.3 is 0 Å². The van der Waals surface area contributed by atoms with Crippen LogP contribution < -0.4 is 5.73 Å². The molecule has 0 radical (unpaired) electrons. The van der Waals surface area contributed by atoms with Crippen LogP contribution in [0, 0.1) is 0 Å². The van der Waals surface area contributed by atoms with Gasteiger partial charge in [0.15, 0.2) is 0 Å². The normalized spacial score (nSPS) is 18.8. The van der Waals surface area contributed by atoms with Crippen LogP contribution in [-0.2, 0) is 6.54 Å². The van der Waals surface area contributed by atoms with E-state index in [4.69, 9.17) is 5.73 Å². The van der Waals surface area contributed by atoms with Crippen molar-refractivity contribution in [1.29, 1.82) is 0 Å². The molecule has 0 bridgehead atoms. The van der Waals surface area contributed by atoms with Gasteiger partial charge in [-0.05, 0) is 30.4 Å². The predicted octanol–water partition coefficient (Wildman–Crippen LogP) is 2.26. The highest BCUT2D eigenvalue weighted by molar-refractivity contribution is 7.05. The third kappa shape index (κ3) is 1.52. The van der Waals surface area contributed by atoms with Gasteiger partial charge in [-0.25, -0.2) is 0 Å². The smallest absolute Gasteiger partial charge is 0.0576 e. The van der Waals surface area contributed by atoms with E-state index in [9.17, 15) is 0 Å². The lowest BCUT2D eigenvalue weighted by molar-refractivity contribution is 0.706. The highest BCUT2D eigenvalue weighted by Gasteiger charge is 2.19. The highest BCUT2D eigenvalue weighted by atomic mass is 32.1. The Balaban J connectivity index is 2.11. The maximum atomic E-state index is 5.53. The first-order valence-corrected chi connectivity index (χ1v) is 5.33. The number of rotatable bonds is 2. The monoisotopic (exact) mass is 182 g/mol. The van der Waals surface area contributed by atoms with Crippen LogP contribution >= 0.6 is 11.5 Å². The van der Waals surface area contributed by atoms with E-state index in [1.54, 1.807) is 11.5 Å². The van der Waals surface area contributed by atoms with Crippen molar-refractivity contribution in [3.05, 3.63) is 16.6 Å². The largest absolute Gasteiger partial charge is 0.326 e. The van der Waals surface area contributed by atoms with Crippen LogP contribution in [0.1, 0.15) is 42.2 Å². The summed E-state index contributed by atoms with van der Waals surface area (Å²) in [7, 11) is 0. The Hall–Kier alpha value is -0.410. The first-order valence-electron chi connectivity index (χ1n) is 4.55. The molecule has 0 spiro atoms. The van der Waals surface area contributed by atoms with E-state index in [1.165, 1.54) is 36.3 Å². The van der Waals surface area contributed by atoms with Crippen molar-refractivity contribution in [2.24, 2.45) is 5.73 Å². The number of hydrogen-bond acceptors (Lipinski definition) is 3. The zero-order valence-corrected chi connectivity index (χ0v) is 7.94. The number of nitrogens with two attached hydrogens (primary N) is 1. The van der Waals surface area contributed by atoms with Gasteiger partial charge in [-0.3, -0.25) is 0 Å².